The Bertz CT molecular complexity index is 1230. The molecule has 0 saturated heterocycles. The van der Waals surface area contributed by atoms with Gasteiger partial charge in [-0.05, 0) is 24.3 Å². The molecule has 160 valence electrons. The largest absolute Gasteiger partial charge is 0.497 e. The Morgan fingerprint density at radius 3 is 1.39 bits per heavy atom. The second-order valence-electron chi connectivity index (χ2n) is 8.37. The molecule has 0 unspecified atom stereocenters. The highest BCUT2D eigenvalue weighted by molar-refractivity contribution is 5.43. The van der Waals surface area contributed by atoms with E-state index in [1.807, 2.05) is 62.4 Å². The van der Waals surface area contributed by atoms with Crippen LogP contribution in [-0.4, -0.2) is 28.2 Å². The maximum absolute atomic E-state index is 13.3. The van der Waals surface area contributed by atoms with Crippen molar-refractivity contribution in [2.24, 2.45) is 22.7 Å². The van der Waals surface area contributed by atoms with Crippen molar-refractivity contribution in [2.45, 2.75) is 25.2 Å². The van der Waals surface area contributed by atoms with E-state index in [0.29, 0.717) is 11.5 Å². The van der Waals surface area contributed by atoms with Gasteiger partial charge in [0.25, 0.3) is 0 Å². The maximum atomic E-state index is 13.3. The monoisotopic (exact) mass is 421 g/mol. The van der Waals surface area contributed by atoms with Crippen molar-refractivity contribution in [1.82, 2.24) is 13.9 Å². The van der Waals surface area contributed by atoms with Crippen molar-refractivity contribution >= 4 is 0 Å². The molecule has 9 heteroatoms. The summed E-state index contributed by atoms with van der Waals surface area (Å²) >= 11 is 0. The topological polar surface area (TPSA) is 92.1 Å². The number of hydrogen-bond acceptors (Lipinski definition) is 6. The third-order valence-corrected chi connectivity index (χ3v) is 6.82. The van der Waals surface area contributed by atoms with E-state index in [2.05, 4.69) is 0 Å². The summed E-state index contributed by atoms with van der Waals surface area (Å²) in [6.45, 7) is 3.97. The lowest BCUT2D eigenvalue weighted by atomic mass is 9.67. The number of benzene rings is 2. The molecule has 0 amide bonds. The highest BCUT2D eigenvalue weighted by Crippen LogP contribution is 2.65. The molecule has 2 aliphatic heterocycles. The summed E-state index contributed by atoms with van der Waals surface area (Å²) in [4.78, 5) is 26.6. The minimum Gasteiger partial charge on any atom is -0.497 e. The van der Waals surface area contributed by atoms with Gasteiger partial charge in [-0.25, -0.2) is 14.2 Å². The van der Waals surface area contributed by atoms with Crippen molar-refractivity contribution in [2.75, 3.05) is 14.2 Å². The predicted octanol–water partition coefficient (Wildman–Crippen LogP) is 2.27. The first kappa shape index (κ1) is 19.3. The molecule has 0 aliphatic carbocycles. The Labute approximate surface area is 178 Å². The van der Waals surface area contributed by atoms with E-state index in [0.717, 1.165) is 15.7 Å². The minimum absolute atomic E-state index is 0.442. The molecule has 3 heterocycles. The lowest BCUT2D eigenvalue weighted by molar-refractivity contribution is 0.136. The van der Waals surface area contributed by atoms with Crippen molar-refractivity contribution < 1.29 is 9.47 Å². The van der Waals surface area contributed by atoms with E-state index in [1.54, 1.807) is 14.2 Å². The number of rotatable bonds is 4. The fourth-order valence-corrected chi connectivity index (χ4v) is 5.08. The van der Waals surface area contributed by atoms with E-state index in [9.17, 15) is 9.59 Å². The first-order valence-electron chi connectivity index (χ1n) is 9.91. The second-order valence-corrected chi connectivity index (χ2v) is 8.37. The summed E-state index contributed by atoms with van der Waals surface area (Å²) in [5.41, 5.74) is -2.57. The second kappa shape index (κ2) is 5.96. The molecule has 0 spiro atoms. The first-order chi connectivity index (χ1) is 14.8. The molecule has 0 N–H and O–H groups in total. The van der Waals surface area contributed by atoms with Crippen LogP contribution >= 0.6 is 0 Å². The molecule has 0 radical (unpaired) electrons. The van der Waals surface area contributed by atoms with E-state index in [4.69, 9.17) is 19.7 Å². The fraction of sp³-hybridized carbons (Fsp3) is 0.364. The van der Waals surface area contributed by atoms with Crippen LogP contribution in [0.3, 0.4) is 0 Å². The average Bonchev–Trinajstić information content (AvgIpc) is 3.25. The van der Waals surface area contributed by atoms with E-state index >= 15 is 0 Å². The molecular formula is C22H23N5O4. The van der Waals surface area contributed by atoms with Crippen molar-refractivity contribution in [3.8, 4) is 11.5 Å². The van der Waals surface area contributed by atoms with Crippen LogP contribution in [0, 0.1) is 5.41 Å². The Balaban J connectivity index is 1.88. The number of ether oxygens (including phenoxy) is 2. The number of methoxy groups -OCH3 is 2. The Kier molecular flexibility index (Phi) is 3.72. The zero-order chi connectivity index (χ0) is 22.2. The van der Waals surface area contributed by atoms with Crippen LogP contribution in [0.2, 0.25) is 0 Å². The highest BCUT2D eigenvalue weighted by Gasteiger charge is 2.74. The van der Waals surface area contributed by atoms with Crippen LogP contribution in [0.4, 0.5) is 0 Å². The summed E-state index contributed by atoms with van der Waals surface area (Å²) in [7, 11) is 4.66. The molecular weight excluding hydrogens is 398 g/mol. The van der Waals surface area contributed by atoms with E-state index in [-0.39, 0.29) is 0 Å². The van der Waals surface area contributed by atoms with Crippen LogP contribution < -0.4 is 20.9 Å². The number of azo groups is 1. The Morgan fingerprint density at radius 1 is 0.710 bits per heavy atom. The molecule has 2 atom stereocenters. The summed E-state index contributed by atoms with van der Waals surface area (Å²) in [6, 6.07) is 14.7. The van der Waals surface area contributed by atoms with Crippen molar-refractivity contribution in [1.29, 1.82) is 0 Å². The summed E-state index contributed by atoms with van der Waals surface area (Å²) in [6.07, 6.45) is 0. The van der Waals surface area contributed by atoms with Gasteiger partial charge in [0.05, 0.1) is 19.6 Å². The van der Waals surface area contributed by atoms with Gasteiger partial charge < -0.3 is 9.47 Å². The molecule has 0 saturated carbocycles. The molecule has 5 rings (SSSR count). The van der Waals surface area contributed by atoms with Gasteiger partial charge in [0.15, 0.2) is 0 Å². The molecule has 2 aromatic carbocycles. The lowest BCUT2D eigenvalue weighted by Gasteiger charge is -2.37. The first-order valence-corrected chi connectivity index (χ1v) is 9.91. The Hall–Kier alpha value is -3.62. The molecule has 3 aromatic rings. The smallest absolute Gasteiger partial charge is 0.349 e. The molecule has 2 bridgehead atoms. The molecule has 9 nitrogen and oxygen atoms in total. The SMILES string of the molecule is COc1ccc([C@@]23N=N[C@@](c4ccc(OC)cc4)(n4c(=O)n(C)c(=O)n42)C3(C)C)cc1. The highest BCUT2D eigenvalue weighted by atomic mass is 16.5. The number of fused-ring (bicyclic) bond motifs is 5. The van der Waals surface area contributed by atoms with E-state index < -0.39 is 28.1 Å². The van der Waals surface area contributed by atoms with Crippen LogP contribution in [0.5, 0.6) is 11.5 Å². The van der Waals surface area contributed by atoms with Gasteiger partial charge in [0.2, 0.25) is 11.3 Å². The van der Waals surface area contributed by atoms with Crippen LogP contribution in [0.15, 0.2) is 68.3 Å². The summed E-state index contributed by atoms with van der Waals surface area (Å²) in [5, 5.41) is 9.41. The van der Waals surface area contributed by atoms with Crippen molar-refractivity contribution in [3.63, 3.8) is 0 Å². The minimum atomic E-state index is -1.20. The van der Waals surface area contributed by atoms with Crippen molar-refractivity contribution in [3.05, 3.63) is 80.6 Å². The molecule has 1 aromatic heterocycles. The van der Waals surface area contributed by atoms with E-state index in [1.165, 1.54) is 16.4 Å². The maximum Gasteiger partial charge on any atom is 0.349 e. The quantitative estimate of drug-likeness (QED) is 0.646. The molecule has 31 heavy (non-hydrogen) atoms. The fourth-order valence-electron chi connectivity index (χ4n) is 5.08. The standard InChI is InChI=1S/C22H23N5O4/c1-20(2)21(14-6-10-16(30-4)11-7-14)23-24-22(20,15-8-12-17(31-5)13-9-15)27-19(29)25(3)18(28)26(21)27/h6-13H,1-5H3/t21-,22+. The normalized spacial score (nSPS) is 24.9. The van der Waals surface area contributed by atoms with Crippen LogP contribution in [0.1, 0.15) is 25.0 Å². The molecule has 0 fully saturated rings. The third kappa shape index (κ3) is 1.96. The van der Waals surface area contributed by atoms with Gasteiger partial charge in [-0.2, -0.15) is 19.6 Å². The number of aromatic nitrogens is 3. The summed E-state index contributed by atoms with van der Waals surface area (Å²) in [5.74, 6) is 1.37. The van der Waals surface area contributed by atoms with Gasteiger partial charge in [0, 0.05) is 18.2 Å². The average molecular weight is 421 g/mol. The Morgan fingerprint density at radius 2 is 1.06 bits per heavy atom. The number of hydrogen-bond donors (Lipinski definition) is 0. The lowest BCUT2D eigenvalue weighted by Crippen LogP contribution is -2.50. The van der Waals surface area contributed by atoms with Gasteiger partial charge >= 0.3 is 11.4 Å². The zero-order valence-electron chi connectivity index (χ0n) is 18.0. The van der Waals surface area contributed by atoms with Crippen LogP contribution in [-0.2, 0) is 18.4 Å². The number of nitrogens with zero attached hydrogens (tertiary/aromatic N) is 5. The predicted molar refractivity (Wildman–Crippen MR) is 113 cm³/mol. The third-order valence-electron chi connectivity index (χ3n) is 6.82. The van der Waals surface area contributed by atoms with Gasteiger partial charge in [-0.15, -0.1) is 0 Å². The zero-order valence-corrected chi connectivity index (χ0v) is 18.0. The van der Waals surface area contributed by atoms with Crippen LogP contribution in [0.25, 0.3) is 0 Å². The molecule has 2 aliphatic rings. The van der Waals surface area contributed by atoms with Gasteiger partial charge in [0.1, 0.15) is 11.5 Å². The van der Waals surface area contributed by atoms with Gasteiger partial charge in [-0.1, -0.05) is 38.1 Å². The summed E-state index contributed by atoms with van der Waals surface area (Å²) < 4.78 is 14.6. The van der Waals surface area contributed by atoms with Gasteiger partial charge in [-0.3, -0.25) is 0 Å².